The van der Waals surface area contributed by atoms with Crippen molar-refractivity contribution in [3.63, 3.8) is 0 Å². The van der Waals surface area contributed by atoms with Crippen molar-refractivity contribution in [2.24, 2.45) is 5.92 Å². The van der Waals surface area contributed by atoms with Gasteiger partial charge in [-0.15, -0.1) is 0 Å². The van der Waals surface area contributed by atoms with E-state index >= 15 is 0 Å². The minimum atomic E-state index is -1.03. The predicted molar refractivity (Wildman–Crippen MR) is 85.1 cm³/mol. The van der Waals surface area contributed by atoms with Crippen LogP contribution in [0.3, 0.4) is 0 Å². The monoisotopic (exact) mass is 328 g/mol. The van der Waals surface area contributed by atoms with E-state index < -0.39 is 16.4 Å². The average Bonchev–Trinajstić information content (AvgIpc) is 2.43. The third-order valence-corrected chi connectivity index (χ3v) is 3.63. The van der Waals surface area contributed by atoms with Gasteiger partial charge in [0.05, 0.1) is 21.1 Å². The predicted octanol–water partition coefficient (Wildman–Crippen LogP) is 3.17. The zero-order chi connectivity index (χ0) is 16.9. The van der Waals surface area contributed by atoms with E-state index in [0.29, 0.717) is 12.3 Å². The summed E-state index contributed by atoms with van der Waals surface area (Å²) in [6.07, 6.45) is 1.38. The molecule has 6 nitrogen and oxygen atoms in total. The molecule has 1 rings (SSSR count). The summed E-state index contributed by atoms with van der Waals surface area (Å²) in [5, 5.41) is 23.7. The highest BCUT2D eigenvalue weighted by molar-refractivity contribution is 6.33. The van der Waals surface area contributed by atoms with Gasteiger partial charge in [-0.3, -0.25) is 14.9 Å². The number of aliphatic hydroxyl groups is 1. The first-order chi connectivity index (χ1) is 10.1. The van der Waals surface area contributed by atoms with E-state index in [1.54, 1.807) is 6.92 Å². The van der Waals surface area contributed by atoms with Crippen LogP contribution in [-0.4, -0.2) is 28.1 Å². The Morgan fingerprint density at radius 2 is 2.14 bits per heavy atom. The van der Waals surface area contributed by atoms with Gasteiger partial charge in [-0.05, 0) is 31.7 Å². The van der Waals surface area contributed by atoms with Gasteiger partial charge in [-0.2, -0.15) is 0 Å². The standard InChI is InChI=1S/C15H21ClN2O4/c1-10(2)6-7-15(3,20)9-17-14(19)12-8-11(18(21)22)4-5-13(12)16/h4-5,8,10,20H,6-7,9H2,1-3H3,(H,17,19). The summed E-state index contributed by atoms with van der Waals surface area (Å²) >= 11 is 5.90. The maximum atomic E-state index is 12.1. The van der Waals surface area contributed by atoms with Crippen molar-refractivity contribution >= 4 is 23.2 Å². The van der Waals surface area contributed by atoms with Gasteiger partial charge in [0.15, 0.2) is 0 Å². The molecule has 1 aromatic rings. The number of nitrogens with one attached hydrogen (secondary N) is 1. The van der Waals surface area contributed by atoms with Gasteiger partial charge < -0.3 is 10.4 Å². The second-order valence-electron chi connectivity index (χ2n) is 6.03. The molecule has 0 fully saturated rings. The Labute approximate surface area is 134 Å². The summed E-state index contributed by atoms with van der Waals surface area (Å²) in [5.41, 5.74) is -1.22. The topological polar surface area (TPSA) is 92.5 Å². The van der Waals surface area contributed by atoms with Crippen LogP contribution in [0.25, 0.3) is 0 Å². The summed E-state index contributed by atoms with van der Waals surface area (Å²) in [4.78, 5) is 22.2. The fourth-order valence-corrected chi connectivity index (χ4v) is 2.06. The molecular weight excluding hydrogens is 308 g/mol. The van der Waals surface area contributed by atoms with Crippen molar-refractivity contribution in [3.05, 3.63) is 38.9 Å². The second-order valence-corrected chi connectivity index (χ2v) is 6.44. The normalized spacial score (nSPS) is 13.7. The first kappa shape index (κ1) is 18.4. The number of benzene rings is 1. The molecule has 0 aliphatic heterocycles. The molecule has 1 unspecified atom stereocenters. The lowest BCUT2D eigenvalue weighted by Crippen LogP contribution is -2.40. The largest absolute Gasteiger partial charge is 0.388 e. The molecule has 0 aliphatic carbocycles. The molecular formula is C15H21ClN2O4. The smallest absolute Gasteiger partial charge is 0.270 e. The highest BCUT2D eigenvalue weighted by atomic mass is 35.5. The van der Waals surface area contributed by atoms with Crippen LogP contribution < -0.4 is 5.32 Å². The van der Waals surface area contributed by atoms with Crippen molar-refractivity contribution < 1.29 is 14.8 Å². The number of carbonyl (C=O) groups excluding carboxylic acids is 1. The quantitative estimate of drug-likeness (QED) is 0.594. The fraction of sp³-hybridized carbons (Fsp3) is 0.533. The molecule has 1 aromatic carbocycles. The first-order valence-corrected chi connectivity index (χ1v) is 7.45. The van der Waals surface area contributed by atoms with Crippen LogP contribution in [0.4, 0.5) is 5.69 Å². The zero-order valence-electron chi connectivity index (χ0n) is 12.9. The molecule has 122 valence electrons. The Balaban J connectivity index is 2.73. The van der Waals surface area contributed by atoms with E-state index in [2.05, 4.69) is 19.2 Å². The number of nitro groups is 1. The molecule has 0 aliphatic rings. The van der Waals surface area contributed by atoms with Gasteiger partial charge in [-0.25, -0.2) is 0 Å². The van der Waals surface area contributed by atoms with Crippen LogP contribution in [0.2, 0.25) is 5.02 Å². The number of nitro benzene ring substituents is 1. The highest BCUT2D eigenvalue weighted by Gasteiger charge is 2.23. The van der Waals surface area contributed by atoms with E-state index in [9.17, 15) is 20.0 Å². The van der Waals surface area contributed by atoms with Crippen molar-refractivity contribution in [2.75, 3.05) is 6.54 Å². The van der Waals surface area contributed by atoms with E-state index in [-0.39, 0.29) is 22.8 Å². The summed E-state index contributed by atoms with van der Waals surface area (Å²) < 4.78 is 0. The van der Waals surface area contributed by atoms with E-state index in [1.807, 2.05) is 0 Å². The zero-order valence-corrected chi connectivity index (χ0v) is 13.7. The third-order valence-electron chi connectivity index (χ3n) is 3.30. The van der Waals surface area contributed by atoms with Gasteiger partial charge in [0.1, 0.15) is 0 Å². The molecule has 2 N–H and O–H groups in total. The van der Waals surface area contributed by atoms with Crippen molar-refractivity contribution in [1.82, 2.24) is 5.32 Å². The average molecular weight is 329 g/mol. The Kier molecular flexibility index (Phi) is 6.32. The summed E-state index contributed by atoms with van der Waals surface area (Å²) in [5.74, 6) is -0.0908. The van der Waals surface area contributed by atoms with E-state index in [4.69, 9.17) is 11.6 Å². The van der Waals surface area contributed by atoms with Gasteiger partial charge >= 0.3 is 0 Å². The molecule has 7 heteroatoms. The van der Waals surface area contributed by atoms with E-state index in [0.717, 1.165) is 12.5 Å². The Bertz CT molecular complexity index is 558. The number of nitrogens with zero attached hydrogens (tertiary/aromatic N) is 1. The number of carbonyl (C=O) groups is 1. The molecule has 0 spiro atoms. The lowest BCUT2D eigenvalue weighted by molar-refractivity contribution is -0.384. The second kappa shape index (κ2) is 7.56. The Morgan fingerprint density at radius 1 is 1.50 bits per heavy atom. The molecule has 0 aromatic heterocycles. The van der Waals surface area contributed by atoms with Gasteiger partial charge in [-0.1, -0.05) is 25.4 Å². The molecule has 0 saturated heterocycles. The third kappa shape index (κ3) is 5.61. The van der Waals surface area contributed by atoms with Crippen LogP contribution in [0.15, 0.2) is 18.2 Å². The van der Waals surface area contributed by atoms with Crippen molar-refractivity contribution in [1.29, 1.82) is 0 Å². The van der Waals surface area contributed by atoms with Crippen molar-refractivity contribution in [3.8, 4) is 0 Å². The maximum Gasteiger partial charge on any atom is 0.270 e. The van der Waals surface area contributed by atoms with Crippen molar-refractivity contribution in [2.45, 2.75) is 39.2 Å². The molecule has 0 saturated carbocycles. The van der Waals surface area contributed by atoms with Gasteiger partial charge in [0, 0.05) is 18.7 Å². The number of amides is 1. The van der Waals surface area contributed by atoms with Crippen LogP contribution in [0, 0.1) is 16.0 Å². The summed E-state index contributed by atoms with van der Waals surface area (Å²) in [6.45, 7) is 5.80. The highest BCUT2D eigenvalue weighted by Crippen LogP contribution is 2.22. The maximum absolute atomic E-state index is 12.1. The van der Waals surface area contributed by atoms with E-state index in [1.165, 1.54) is 12.1 Å². The minimum absolute atomic E-state index is 0.0236. The molecule has 0 heterocycles. The molecule has 0 bridgehead atoms. The summed E-state index contributed by atoms with van der Waals surface area (Å²) in [7, 11) is 0. The number of halogens is 1. The molecule has 22 heavy (non-hydrogen) atoms. The number of non-ortho nitro benzene ring substituents is 1. The Morgan fingerprint density at radius 3 is 2.68 bits per heavy atom. The first-order valence-electron chi connectivity index (χ1n) is 7.07. The van der Waals surface area contributed by atoms with Crippen LogP contribution in [-0.2, 0) is 0 Å². The fourth-order valence-electron chi connectivity index (χ4n) is 1.85. The Hall–Kier alpha value is -1.66. The summed E-state index contributed by atoms with van der Waals surface area (Å²) in [6, 6.07) is 3.67. The van der Waals surface area contributed by atoms with Gasteiger partial charge in [0.2, 0.25) is 0 Å². The minimum Gasteiger partial charge on any atom is -0.388 e. The number of hydrogen-bond acceptors (Lipinski definition) is 4. The van der Waals surface area contributed by atoms with Crippen LogP contribution in [0.5, 0.6) is 0 Å². The number of hydrogen-bond donors (Lipinski definition) is 2. The molecule has 1 atom stereocenters. The number of rotatable bonds is 7. The SMILES string of the molecule is CC(C)CCC(C)(O)CNC(=O)c1cc([N+](=O)[O-])ccc1Cl. The lowest BCUT2D eigenvalue weighted by Gasteiger charge is -2.24. The van der Waals surface area contributed by atoms with Crippen LogP contribution >= 0.6 is 11.6 Å². The van der Waals surface area contributed by atoms with Gasteiger partial charge in [0.25, 0.3) is 11.6 Å². The van der Waals surface area contributed by atoms with Crippen LogP contribution in [0.1, 0.15) is 44.0 Å². The molecule has 0 radical (unpaired) electrons. The molecule has 1 amide bonds. The lowest BCUT2D eigenvalue weighted by atomic mass is 9.95.